The molecule has 2 atom stereocenters. The van der Waals surface area contributed by atoms with Crippen LogP contribution in [0.4, 0.5) is 0 Å². The first-order chi connectivity index (χ1) is 9.70. The van der Waals surface area contributed by atoms with Crippen molar-refractivity contribution in [2.45, 2.75) is 32.1 Å². The van der Waals surface area contributed by atoms with Crippen LogP contribution in [0.25, 0.3) is 0 Å². The molecule has 106 valence electrons. The van der Waals surface area contributed by atoms with Gasteiger partial charge in [0.2, 0.25) is 0 Å². The van der Waals surface area contributed by atoms with Crippen molar-refractivity contribution in [1.82, 2.24) is 4.98 Å². The van der Waals surface area contributed by atoms with E-state index in [1.807, 2.05) is 36.4 Å². The molecule has 0 spiro atoms. The van der Waals surface area contributed by atoms with E-state index in [2.05, 4.69) is 27.8 Å². The number of benzene rings is 1. The van der Waals surface area contributed by atoms with E-state index in [1.165, 1.54) is 0 Å². The molecule has 0 amide bonds. The second-order valence-electron chi connectivity index (χ2n) is 4.71. The summed E-state index contributed by atoms with van der Waals surface area (Å²) < 4.78 is 7.11. The molecule has 0 radical (unpaired) electrons. The van der Waals surface area contributed by atoms with E-state index >= 15 is 0 Å². The zero-order valence-electron chi connectivity index (χ0n) is 11.5. The summed E-state index contributed by atoms with van der Waals surface area (Å²) in [6.07, 6.45) is 4.31. The average Bonchev–Trinajstić information content (AvgIpc) is 2.50. The summed E-state index contributed by atoms with van der Waals surface area (Å²) in [5.74, 6) is 0. The first kappa shape index (κ1) is 15.2. The molecular weight excluding hydrogens is 316 g/mol. The minimum Gasteiger partial charge on any atom is -0.367 e. The van der Waals surface area contributed by atoms with Gasteiger partial charge in [-0.05, 0) is 41.8 Å². The number of halogens is 1. The molecule has 20 heavy (non-hydrogen) atoms. The zero-order valence-corrected chi connectivity index (χ0v) is 13.1. The SMILES string of the molecule is CCC(N)C(OCc1ccc(Br)cc1)c1ccncc1. The van der Waals surface area contributed by atoms with Crippen molar-refractivity contribution in [3.05, 3.63) is 64.4 Å². The van der Waals surface area contributed by atoms with Crippen LogP contribution in [0, 0.1) is 0 Å². The number of hydrogen-bond acceptors (Lipinski definition) is 3. The molecule has 0 fully saturated rings. The van der Waals surface area contributed by atoms with Crippen LogP contribution in [-0.4, -0.2) is 11.0 Å². The Labute approximate surface area is 128 Å². The summed E-state index contributed by atoms with van der Waals surface area (Å²) in [6.45, 7) is 2.62. The predicted molar refractivity (Wildman–Crippen MR) is 84.2 cm³/mol. The smallest absolute Gasteiger partial charge is 0.0981 e. The van der Waals surface area contributed by atoms with Gasteiger partial charge in [-0.25, -0.2) is 0 Å². The quantitative estimate of drug-likeness (QED) is 0.873. The molecule has 4 heteroatoms. The van der Waals surface area contributed by atoms with E-state index < -0.39 is 0 Å². The van der Waals surface area contributed by atoms with Crippen molar-refractivity contribution in [2.75, 3.05) is 0 Å². The van der Waals surface area contributed by atoms with Gasteiger partial charge in [0.25, 0.3) is 0 Å². The summed E-state index contributed by atoms with van der Waals surface area (Å²) in [7, 11) is 0. The van der Waals surface area contributed by atoms with E-state index in [-0.39, 0.29) is 12.1 Å². The van der Waals surface area contributed by atoms with Gasteiger partial charge in [0.15, 0.2) is 0 Å². The van der Waals surface area contributed by atoms with Crippen LogP contribution in [0.3, 0.4) is 0 Å². The molecular formula is C16H19BrN2O. The lowest BCUT2D eigenvalue weighted by atomic mass is 10.0. The number of aromatic nitrogens is 1. The molecule has 1 heterocycles. The third-order valence-electron chi connectivity index (χ3n) is 3.24. The number of nitrogens with zero attached hydrogens (tertiary/aromatic N) is 1. The van der Waals surface area contributed by atoms with Crippen LogP contribution < -0.4 is 5.73 Å². The molecule has 0 saturated heterocycles. The highest BCUT2D eigenvalue weighted by atomic mass is 79.9. The number of pyridine rings is 1. The van der Waals surface area contributed by atoms with Gasteiger partial charge in [0, 0.05) is 22.9 Å². The third-order valence-corrected chi connectivity index (χ3v) is 3.77. The summed E-state index contributed by atoms with van der Waals surface area (Å²) in [6, 6.07) is 12.0. The van der Waals surface area contributed by atoms with Crippen molar-refractivity contribution < 1.29 is 4.74 Å². The number of rotatable bonds is 6. The number of ether oxygens (including phenoxy) is 1. The highest BCUT2D eigenvalue weighted by molar-refractivity contribution is 9.10. The molecule has 0 saturated carbocycles. The maximum absolute atomic E-state index is 6.18. The maximum Gasteiger partial charge on any atom is 0.0981 e. The Hall–Kier alpha value is -1.23. The Bertz CT molecular complexity index is 516. The van der Waals surface area contributed by atoms with Gasteiger partial charge in [-0.1, -0.05) is 35.0 Å². The van der Waals surface area contributed by atoms with E-state index in [9.17, 15) is 0 Å². The maximum atomic E-state index is 6.18. The van der Waals surface area contributed by atoms with Crippen LogP contribution >= 0.6 is 15.9 Å². The standard InChI is InChI=1S/C16H19BrN2O/c1-2-15(18)16(13-7-9-19-10-8-13)20-11-12-3-5-14(17)6-4-12/h3-10,15-16H,2,11,18H2,1H3. The van der Waals surface area contributed by atoms with Gasteiger partial charge in [-0.3, -0.25) is 4.98 Å². The second-order valence-corrected chi connectivity index (χ2v) is 5.63. The molecule has 2 unspecified atom stereocenters. The second kappa shape index (κ2) is 7.53. The fourth-order valence-corrected chi connectivity index (χ4v) is 2.27. The van der Waals surface area contributed by atoms with Gasteiger partial charge in [0.05, 0.1) is 12.7 Å². The first-order valence-corrected chi connectivity index (χ1v) is 7.51. The van der Waals surface area contributed by atoms with Crippen LogP contribution in [0.2, 0.25) is 0 Å². The Morgan fingerprint density at radius 1 is 1.15 bits per heavy atom. The van der Waals surface area contributed by atoms with Gasteiger partial charge < -0.3 is 10.5 Å². The number of hydrogen-bond donors (Lipinski definition) is 1. The fourth-order valence-electron chi connectivity index (χ4n) is 2.00. The van der Waals surface area contributed by atoms with Gasteiger partial charge in [-0.15, -0.1) is 0 Å². The van der Waals surface area contributed by atoms with Crippen molar-refractivity contribution in [2.24, 2.45) is 5.73 Å². The summed E-state index contributed by atoms with van der Waals surface area (Å²) in [5.41, 5.74) is 8.39. The molecule has 2 rings (SSSR count). The van der Waals surface area contributed by atoms with Crippen molar-refractivity contribution in [1.29, 1.82) is 0 Å². The van der Waals surface area contributed by atoms with Crippen molar-refractivity contribution in [3.63, 3.8) is 0 Å². The highest BCUT2D eigenvalue weighted by Gasteiger charge is 2.19. The summed E-state index contributed by atoms with van der Waals surface area (Å²) >= 11 is 3.43. The molecule has 1 aromatic heterocycles. The molecule has 2 aromatic rings. The highest BCUT2D eigenvalue weighted by Crippen LogP contribution is 2.23. The molecule has 0 aliphatic carbocycles. The van der Waals surface area contributed by atoms with Crippen LogP contribution in [-0.2, 0) is 11.3 Å². The van der Waals surface area contributed by atoms with Crippen molar-refractivity contribution >= 4 is 15.9 Å². The Morgan fingerprint density at radius 3 is 2.40 bits per heavy atom. The van der Waals surface area contributed by atoms with Crippen molar-refractivity contribution in [3.8, 4) is 0 Å². The van der Waals surface area contributed by atoms with Crippen LogP contribution in [0.1, 0.15) is 30.6 Å². The monoisotopic (exact) mass is 334 g/mol. The average molecular weight is 335 g/mol. The lowest BCUT2D eigenvalue weighted by molar-refractivity contribution is 0.0212. The van der Waals surface area contributed by atoms with E-state index in [0.29, 0.717) is 6.61 Å². The van der Waals surface area contributed by atoms with E-state index in [0.717, 1.165) is 22.0 Å². The normalized spacial score (nSPS) is 13.9. The Kier molecular flexibility index (Phi) is 5.71. The van der Waals surface area contributed by atoms with Gasteiger partial charge >= 0.3 is 0 Å². The largest absolute Gasteiger partial charge is 0.367 e. The molecule has 3 nitrogen and oxygen atoms in total. The molecule has 0 bridgehead atoms. The Morgan fingerprint density at radius 2 is 1.80 bits per heavy atom. The third kappa shape index (κ3) is 4.13. The minimum absolute atomic E-state index is 0.0205. The zero-order chi connectivity index (χ0) is 14.4. The molecule has 1 aromatic carbocycles. The van der Waals surface area contributed by atoms with Gasteiger partial charge in [0.1, 0.15) is 0 Å². The Balaban J connectivity index is 2.07. The molecule has 0 aliphatic heterocycles. The topological polar surface area (TPSA) is 48.1 Å². The van der Waals surface area contributed by atoms with E-state index in [4.69, 9.17) is 10.5 Å². The summed E-state index contributed by atoms with van der Waals surface area (Å²) in [4.78, 5) is 4.04. The van der Waals surface area contributed by atoms with E-state index in [1.54, 1.807) is 12.4 Å². The molecule has 0 aliphatic rings. The van der Waals surface area contributed by atoms with Gasteiger partial charge in [-0.2, -0.15) is 0 Å². The molecule has 2 N–H and O–H groups in total. The predicted octanol–water partition coefficient (Wildman–Crippen LogP) is 3.84. The first-order valence-electron chi connectivity index (χ1n) is 6.72. The lowest BCUT2D eigenvalue weighted by Gasteiger charge is -2.23. The summed E-state index contributed by atoms with van der Waals surface area (Å²) in [5, 5.41) is 0. The fraction of sp³-hybridized carbons (Fsp3) is 0.312. The van der Waals surface area contributed by atoms with Crippen LogP contribution in [0.5, 0.6) is 0 Å². The number of nitrogens with two attached hydrogens (primary N) is 1. The minimum atomic E-state index is -0.105. The lowest BCUT2D eigenvalue weighted by Crippen LogP contribution is -2.29. The van der Waals surface area contributed by atoms with Crippen LogP contribution in [0.15, 0.2) is 53.3 Å².